The molecule has 0 radical (unpaired) electrons. The third kappa shape index (κ3) is 3.44. The fraction of sp³-hybridized carbons (Fsp3) is 0.100. The molecule has 0 fully saturated rings. The van der Waals surface area contributed by atoms with Crippen LogP contribution >= 0.6 is 0 Å². The van der Waals surface area contributed by atoms with Crippen LogP contribution in [-0.4, -0.2) is 0 Å². The van der Waals surface area contributed by atoms with E-state index in [0.717, 1.165) is 13.8 Å². The summed E-state index contributed by atoms with van der Waals surface area (Å²) in [6.07, 6.45) is 0. The normalized spacial score (nSPS) is 10.9. The first-order valence-electron chi connectivity index (χ1n) is 8.35. The third-order valence-corrected chi connectivity index (χ3v) is 4.33. The van der Waals surface area contributed by atoms with E-state index in [-0.39, 0.29) is 22.6 Å². The van der Waals surface area contributed by atoms with Gasteiger partial charge >= 0.3 is 0 Å². The maximum Gasteiger partial charge on any atom is 0.203 e. The topological polar surface area (TPSA) is 70.5 Å². The Hall–Kier alpha value is -3.56. The number of halogens is 6. The fourth-order valence-corrected chi connectivity index (χ4v) is 2.62. The van der Waals surface area contributed by atoms with E-state index in [0.29, 0.717) is 0 Å². The molecule has 0 aliphatic carbocycles. The van der Waals surface area contributed by atoms with Gasteiger partial charge in [-0.1, -0.05) is 0 Å². The van der Waals surface area contributed by atoms with Crippen LogP contribution in [0, 0.1) is 48.8 Å². The number of hydrogen-bond acceptors (Lipinski definition) is 4. The summed E-state index contributed by atoms with van der Waals surface area (Å²) in [5.74, 6) is -9.99. The van der Waals surface area contributed by atoms with Crippen LogP contribution in [0.4, 0.5) is 37.7 Å². The lowest BCUT2D eigenvalue weighted by Gasteiger charge is -2.14. The van der Waals surface area contributed by atoms with Crippen LogP contribution in [-0.2, 0) is 0 Å². The standard InChI is InChI=1S/C20H14F6N2O2/c1-7-11(21)17(27)13(23)15(25)19(7)29-9-3-5-10(6-4-9)30-20-8(2)12(22)18(28)14(24)16(20)26/h3-6H,27-28H2,1-2H3. The average Bonchev–Trinajstić information content (AvgIpc) is 2.75. The predicted octanol–water partition coefficient (Wildman–Crippen LogP) is 5.89. The van der Waals surface area contributed by atoms with Crippen molar-refractivity contribution >= 4 is 11.4 Å². The highest BCUT2D eigenvalue weighted by Crippen LogP contribution is 2.37. The van der Waals surface area contributed by atoms with Crippen molar-refractivity contribution in [2.45, 2.75) is 13.8 Å². The van der Waals surface area contributed by atoms with E-state index >= 15 is 0 Å². The molecule has 0 spiro atoms. The Labute approximate surface area is 166 Å². The van der Waals surface area contributed by atoms with E-state index in [1.165, 1.54) is 24.3 Å². The van der Waals surface area contributed by atoms with Crippen LogP contribution < -0.4 is 20.9 Å². The van der Waals surface area contributed by atoms with Gasteiger partial charge < -0.3 is 20.9 Å². The molecule has 0 aromatic heterocycles. The summed E-state index contributed by atoms with van der Waals surface area (Å²) in [4.78, 5) is 0. The van der Waals surface area contributed by atoms with Crippen molar-refractivity contribution < 1.29 is 35.8 Å². The zero-order valence-corrected chi connectivity index (χ0v) is 15.5. The Kier molecular flexibility index (Phi) is 5.43. The molecule has 4 nitrogen and oxygen atoms in total. The Morgan fingerprint density at radius 2 is 0.833 bits per heavy atom. The molecule has 158 valence electrons. The molecule has 3 aromatic rings. The number of nitrogens with two attached hydrogens (primary N) is 2. The molecule has 0 aliphatic rings. The highest BCUT2D eigenvalue weighted by Gasteiger charge is 2.24. The molecule has 0 aliphatic heterocycles. The first-order valence-corrected chi connectivity index (χ1v) is 8.35. The Morgan fingerprint density at radius 1 is 0.533 bits per heavy atom. The molecule has 0 saturated heterocycles. The molecule has 0 atom stereocenters. The zero-order valence-electron chi connectivity index (χ0n) is 15.5. The van der Waals surface area contributed by atoms with Gasteiger partial charge in [0.25, 0.3) is 0 Å². The second kappa shape index (κ2) is 7.69. The van der Waals surface area contributed by atoms with E-state index in [2.05, 4.69) is 0 Å². The number of benzene rings is 3. The van der Waals surface area contributed by atoms with Crippen LogP contribution in [0.1, 0.15) is 11.1 Å². The van der Waals surface area contributed by atoms with Crippen molar-refractivity contribution in [3.63, 3.8) is 0 Å². The molecular weight excluding hydrogens is 414 g/mol. The number of nitrogen functional groups attached to an aromatic ring is 2. The summed E-state index contributed by atoms with van der Waals surface area (Å²) < 4.78 is 93.6. The summed E-state index contributed by atoms with van der Waals surface area (Å²) >= 11 is 0. The van der Waals surface area contributed by atoms with Gasteiger partial charge in [-0.05, 0) is 38.1 Å². The molecular formula is C20H14F6N2O2. The van der Waals surface area contributed by atoms with Crippen molar-refractivity contribution in [1.82, 2.24) is 0 Å². The second-order valence-corrected chi connectivity index (χ2v) is 6.30. The molecule has 0 unspecified atom stereocenters. The third-order valence-electron chi connectivity index (χ3n) is 4.33. The first kappa shape index (κ1) is 21.2. The van der Waals surface area contributed by atoms with Gasteiger partial charge in [0, 0.05) is 11.1 Å². The van der Waals surface area contributed by atoms with Crippen LogP contribution in [0.5, 0.6) is 23.0 Å². The predicted molar refractivity (Wildman–Crippen MR) is 97.5 cm³/mol. The molecule has 0 heterocycles. The largest absolute Gasteiger partial charge is 0.454 e. The molecule has 3 rings (SSSR count). The monoisotopic (exact) mass is 428 g/mol. The number of anilines is 2. The molecule has 10 heteroatoms. The van der Waals surface area contributed by atoms with Crippen LogP contribution in [0.2, 0.25) is 0 Å². The minimum Gasteiger partial charge on any atom is -0.454 e. The summed E-state index contributed by atoms with van der Waals surface area (Å²) in [6.45, 7) is 2.30. The molecule has 4 N–H and O–H groups in total. The second-order valence-electron chi connectivity index (χ2n) is 6.30. The Balaban J connectivity index is 1.90. The van der Waals surface area contributed by atoms with Gasteiger partial charge in [0.05, 0.1) is 0 Å². The van der Waals surface area contributed by atoms with E-state index in [4.69, 9.17) is 20.9 Å². The van der Waals surface area contributed by atoms with Gasteiger partial charge in [-0.15, -0.1) is 0 Å². The quantitative estimate of drug-likeness (QED) is 0.309. The van der Waals surface area contributed by atoms with Crippen molar-refractivity contribution in [1.29, 1.82) is 0 Å². The fourth-order valence-electron chi connectivity index (χ4n) is 2.62. The van der Waals surface area contributed by atoms with Crippen molar-refractivity contribution in [3.05, 3.63) is 70.3 Å². The van der Waals surface area contributed by atoms with Crippen LogP contribution in [0.3, 0.4) is 0 Å². The first-order chi connectivity index (χ1) is 14.0. The molecule has 30 heavy (non-hydrogen) atoms. The molecule has 0 saturated carbocycles. The smallest absolute Gasteiger partial charge is 0.203 e. The van der Waals surface area contributed by atoms with E-state index in [1.807, 2.05) is 0 Å². The maximum atomic E-state index is 14.1. The summed E-state index contributed by atoms with van der Waals surface area (Å²) in [7, 11) is 0. The highest BCUT2D eigenvalue weighted by atomic mass is 19.2. The Morgan fingerprint density at radius 3 is 1.13 bits per heavy atom. The molecule has 0 amide bonds. The van der Waals surface area contributed by atoms with Gasteiger partial charge in [-0.3, -0.25) is 0 Å². The minimum absolute atomic E-state index is 0.0558. The van der Waals surface area contributed by atoms with E-state index in [1.54, 1.807) is 0 Å². The van der Waals surface area contributed by atoms with Gasteiger partial charge in [-0.25, -0.2) is 17.6 Å². The zero-order chi connectivity index (χ0) is 22.3. The Bertz CT molecular complexity index is 1000. The molecule has 0 bridgehead atoms. The van der Waals surface area contributed by atoms with Gasteiger partial charge in [0.1, 0.15) is 22.9 Å². The maximum absolute atomic E-state index is 14.1. The lowest BCUT2D eigenvalue weighted by molar-refractivity contribution is 0.399. The summed E-state index contributed by atoms with van der Waals surface area (Å²) in [6, 6.07) is 4.82. The van der Waals surface area contributed by atoms with Crippen molar-refractivity contribution in [3.8, 4) is 23.0 Å². The lowest BCUT2D eigenvalue weighted by atomic mass is 10.1. The van der Waals surface area contributed by atoms with Gasteiger partial charge in [-0.2, -0.15) is 8.78 Å². The van der Waals surface area contributed by atoms with Crippen molar-refractivity contribution in [2.75, 3.05) is 11.5 Å². The SMILES string of the molecule is Cc1c(F)c(N)c(F)c(F)c1Oc1ccc(Oc2c(C)c(F)c(N)c(F)c2F)cc1. The summed E-state index contributed by atoms with van der Waals surface area (Å²) in [5, 5.41) is 0. The van der Waals surface area contributed by atoms with Crippen LogP contribution in [0.15, 0.2) is 24.3 Å². The van der Waals surface area contributed by atoms with Crippen molar-refractivity contribution in [2.24, 2.45) is 0 Å². The van der Waals surface area contributed by atoms with E-state index in [9.17, 15) is 26.3 Å². The van der Waals surface area contributed by atoms with E-state index < -0.39 is 57.8 Å². The van der Waals surface area contributed by atoms with Gasteiger partial charge in [0.15, 0.2) is 34.8 Å². The number of ether oxygens (including phenoxy) is 2. The summed E-state index contributed by atoms with van der Waals surface area (Å²) in [5.41, 5.74) is 7.64. The highest BCUT2D eigenvalue weighted by molar-refractivity contribution is 5.54. The minimum atomic E-state index is -1.59. The average molecular weight is 428 g/mol. The van der Waals surface area contributed by atoms with Crippen LogP contribution in [0.25, 0.3) is 0 Å². The number of rotatable bonds is 4. The number of hydrogen-bond donors (Lipinski definition) is 2. The molecule has 3 aromatic carbocycles. The lowest BCUT2D eigenvalue weighted by Crippen LogP contribution is -2.05. The van der Waals surface area contributed by atoms with Gasteiger partial charge in [0.2, 0.25) is 11.6 Å².